The van der Waals surface area contributed by atoms with Gasteiger partial charge in [0.1, 0.15) is 5.75 Å². The van der Waals surface area contributed by atoms with Crippen LogP contribution >= 0.6 is 0 Å². The number of nitrogens with one attached hydrogen (secondary N) is 1. The minimum atomic E-state index is 0.112. The van der Waals surface area contributed by atoms with Crippen molar-refractivity contribution in [2.24, 2.45) is 0 Å². The number of anilines is 1. The van der Waals surface area contributed by atoms with Gasteiger partial charge in [0.25, 0.3) is 0 Å². The van der Waals surface area contributed by atoms with Gasteiger partial charge in [-0.25, -0.2) is 0 Å². The normalized spacial score (nSPS) is 15.0. The first-order valence-corrected chi connectivity index (χ1v) is 6.39. The Kier molecular flexibility index (Phi) is 4.20. The van der Waals surface area contributed by atoms with Crippen LogP contribution in [-0.4, -0.2) is 33.2 Å². The van der Waals surface area contributed by atoms with E-state index in [2.05, 4.69) is 17.4 Å². The van der Waals surface area contributed by atoms with Crippen molar-refractivity contribution >= 4 is 11.6 Å². The van der Waals surface area contributed by atoms with Crippen LogP contribution in [0.4, 0.5) is 5.69 Å². The average molecular weight is 248 g/mol. The second-order valence-electron chi connectivity index (χ2n) is 4.56. The van der Waals surface area contributed by atoms with Crippen LogP contribution in [0.15, 0.2) is 18.2 Å². The molecular weight excluding hydrogens is 228 g/mol. The summed E-state index contributed by atoms with van der Waals surface area (Å²) in [6.45, 7) is 1.47. The Hall–Kier alpha value is -1.55. The minimum Gasteiger partial charge on any atom is -0.491 e. The van der Waals surface area contributed by atoms with Crippen molar-refractivity contribution in [3.63, 3.8) is 0 Å². The summed E-state index contributed by atoms with van der Waals surface area (Å²) in [6.07, 6.45) is 2.55. The van der Waals surface area contributed by atoms with Crippen molar-refractivity contribution in [3.8, 4) is 5.75 Å². The molecule has 2 rings (SSSR count). The van der Waals surface area contributed by atoms with Crippen LogP contribution < -0.4 is 15.0 Å². The Morgan fingerprint density at radius 2 is 2.28 bits per heavy atom. The summed E-state index contributed by atoms with van der Waals surface area (Å²) in [5.74, 6) is 0.918. The highest BCUT2D eigenvalue weighted by atomic mass is 16.5. The number of hydrogen-bond acceptors (Lipinski definition) is 3. The van der Waals surface area contributed by atoms with E-state index in [0.29, 0.717) is 13.0 Å². The van der Waals surface area contributed by atoms with Gasteiger partial charge in [-0.15, -0.1) is 0 Å². The molecule has 98 valence electrons. The molecule has 0 radical (unpaired) electrons. The number of rotatable bonds is 4. The third kappa shape index (κ3) is 2.82. The summed E-state index contributed by atoms with van der Waals surface area (Å²) in [7, 11) is 3.77. The third-order valence-corrected chi connectivity index (χ3v) is 3.22. The highest BCUT2D eigenvalue weighted by molar-refractivity contribution is 5.95. The molecule has 0 saturated carbocycles. The van der Waals surface area contributed by atoms with E-state index in [4.69, 9.17) is 4.74 Å². The van der Waals surface area contributed by atoms with E-state index in [9.17, 15) is 4.79 Å². The van der Waals surface area contributed by atoms with Crippen LogP contribution in [-0.2, 0) is 11.2 Å². The van der Waals surface area contributed by atoms with E-state index >= 15 is 0 Å². The van der Waals surface area contributed by atoms with E-state index in [1.54, 1.807) is 4.90 Å². The molecule has 1 aliphatic rings. The van der Waals surface area contributed by atoms with Crippen molar-refractivity contribution in [2.45, 2.75) is 19.3 Å². The van der Waals surface area contributed by atoms with Gasteiger partial charge >= 0.3 is 0 Å². The van der Waals surface area contributed by atoms with Crippen LogP contribution in [0.25, 0.3) is 0 Å². The van der Waals surface area contributed by atoms with Gasteiger partial charge in [0.2, 0.25) is 5.91 Å². The summed E-state index contributed by atoms with van der Waals surface area (Å²) in [6, 6.07) is 6.12. The molecule has 0 atom stereocenters. The maximum Gasteiger partial charge on any atom is 0.230 e. The largest absolute Gasteiger partial charge is 0.491 e. The third-order valence-electron chi connectivity index (χ3n) is 3.22. The summed E-state index contributed by atoms with van der Waals surface area (Å²) in [4.78, 5) is 13.5. The Bertz CT molecular complexity index is 432. The fourth-order valence-electron chi connectivity index (χ4n) is 2.12. The summed E-state index contributed by atoms with van der Waals surface area (Å²) in [5, 5.41) is 3.14. The number of aryl methyl sites for hydroxylation is 1. The van der Waals surface area contributed by atoms with Crippen LogP contribution in [0, 0.1) is 0 Å². The van der Waals surface area contributed by atoms with E-state index in [0.717, 1.165) is 30.8 Å². The lowest BCUT2D eigenvalue weighted by Gasteiger charge is -2.17. The van der Waals surface area contributed by atoms with Gasteiger partial charge in [0.05, 0.1) is 18.7 Å². The summed E-state index contributed by atoms with van der Waals surface area (Å²) < 4.78 is 5.60. The lowest BCUT2D eigenvalue weighted by molar-refractivity contribution is -0.118. The predicted octanol–water partition coefficient (Wildman–Crippen LogP) is 1.58. The SMILES string of the molecule is CNCCCc1ccc2c(c1)N(C)C(=O)CCO2. The van der Waals surface area contributed by atoms with Gasteiger partial charge < -0.3 is 15.0 Å². The van der Waals surface area contributed by atoms with Gasteiger partial charge in [-0.1, -0.05) is 6.07 Å². The summed E-state index contributed by atoms with van der Waals surface area (Å²) in [5.41, 5.74) is 2.13. The molecule has 0 fully saturated rings. The van der Waals surface area contributed by atoms with Crippen LogP contribution in [0.2, 0.25) is 0 Å². The van der Waals surface area contributed by atoms with Gasteiger partial charge in [-0.3, -0.25) is 4.79 Å². The quantitative estimate of drug-likeness (QED) is 0.823. The monoisotopic (exact) mass is 248 g/mol. The average Bonchev–Trinajstić information content (AvgIpc) is 2.51. The van der Waals surface area contributed by atoms with Crippen LogP contribution in [0.1, 0.15) is 18.4 Å². The fraction of sp³-hybridized carbons (Fsp3) is 0.500. The maximum atomic E-state index is 11.8. The van der Waals surface area contributed by atoms with Crippen molar-refractivity contribution in [3.05, 3.63) is 23.8 Å². The van der Waals surface area contributed by atoms with Crippen LogP contribution in [0.3, 0.4) is 0 Å². The first kappa shape index (κ1) is 12.9. The number of nitrogens with zero attached hydrogens (tertiary/aromatic N) is 1. The topological polar surface area (TPSA) is 41.6 Å². The second-order valence-corrected chi connectivity index (χ2v) is 4.56. The van der Waals surface area contributed by atoms with Gasteiger partial charge in [0, 0.05) is 7.05 Å². The van der Waals surface area contributed by atoms with E-state index in [-0.39, 0.29) is 5.91 Å². The molecule has 1 aromatic rings. The molecular formula is C14H20N2O2. The zero-order valence-electron chi connectivity index (χ0n) is 11.0. The predicted molar refractivity (Wildman–Crippen MR) is 72.2 cm³/mol. The van der Waals surface area contributed by atoms with Crippen molar-refractivity contribution in [1.29, 1.82) is 0 Å². The Labute approximate surface area is 108 Å². The molecule has 0 aromatic heterocycles. The number of carbonyl (C=O) groups is 1. The molecule has 1 heterocycles. The lowest BCUT2D eigenvalue weighted by Crippen LogP contribution is -2.25. The Morgan fingerprint density at radius 1 is 1.44 bits per heavy atom. The second kappa shape index (κ2) is 5.87. The lowest BCUT2D eigenvalue weighted by atomic mass is 10.1. The van der Waals surface area contributed by atoms with E-state index < -0.39 is 0 Å². The van der Waals surface area contributed by atoms with Crippen LogP contribution in [0.5, 0.6) is 5.75 Å². The molecule has 0 unspecified atom stereocenters. The van der Waals surface area contributed by atoms with Gasteiger partial charge in [0.15, 0.2) is 0 Å². The van der Waals surface area contributed by atoms with Gasteiger partial charge in [-0.05, 0) is 44.1 Å². The number of carbonyl (C=O) groups excluding carboxylic acids is 1. The Morgan fingerprint density at radius 3 is 3.06 bits per heavy atom. The molecule has 4 nitrogen and oxygen atoms in total. The van der Waals surface area contributed by atoms with Crippen molar-refractivity contribution < 1.29 is 9.53 Å². The molecule has 1 aliphatic heterocycles. The highest BCUT2D eigenvalue weighted by Crippen LogP contribution is 2.31. The molecule has 18 heavy (non-hydrogen) atoms. The summed E-state index contributed by atoms with van der Waals surface area (Å²) >= 11 is 0. The molecule has 4 heteroatoms. The molecule has 0 bridgehead atoms. The highest BCUT2D eigenvalue weighted by Gasteiger charge is 2.19. The first-order chi connectivity index (χ1) is 8.72. The smallest absolute Gasteiger partial charge is 0.230 e. The maximum absolute atomic E-state index is 11.8. The van der Waals surface area contributed by atoms with Crippen molar-refractivity contribution in [1.82, 2.24) is 5.32 Å². The molecule has 1 aromatic carbocycles. The number of amides is 1. The van der Waals surface area contributed by atoms with E-state index in [1.165, 1.54) is 5.56 Å². The Balaban J connectivity index is 2.18. The molecule has 0 saturated heterocycles. The number of ether oxygens (including phenoxy) is 1. The molecule has 0 aliphatic carbocycles. The number of fused-ring (bicyclic) bond motifs is 1. The fourth-order valence-corrected chi connectivity index (χ4v) is 2.12. The van der Waals surface area contributed by atoms with E-state index in [1.807, 2.05) is 20.2 Å². The molecule has 0 spiro atoms. The van der Waals surface area contributed by atoms with Gasteiger partial charge in [-0.2, -0.15) is 0 Å². The number of benzene rings is 1. The zero-order chi connectivity index (χ0) is 13.0. The zero-order valence-corrected chi connectivity index (χ0v) is 11.0. The standard InChI is InChI=1S/C14H20N2O2/c1-15-8-3-4-11-5-6-13-12(10-11)16(2)14(17)7-9-18-13/h5-6,10,15H,3-4,7-9H2,1-2H3. The number of hydrogen-bond donors (Lipinski definition) is 1. The minimum absolute atomic E-state index is 0.112. The molecule has 1 N–H and O–H groups in total. The molecule has 1 amide bonds. The van der Waals surface area contributed by atoms with Crippen molar-refractivity contribution in [2.75, 3.05) is 32.1 Å². The first-order valence-electron chi connectivity index (χ1n) is 6.39.